The van der Waals surface area contributed by atoms with Crippen LogP contribution in [-0.2, 0) is 0 Å². The highest BCUT2D eigenvalue weighted by Gasteiger charge is 2.14. The number of rotatable bonds is 3. The van der Waals surface area contributed by atoms with E-state index in [0.717, 1.165) is 11.1 Å². The molecule has 6 heteroatoms. The molecule has 0 bridgehead atoms. The fourth-order valence-corrected chi connectivity index (χ4v) is 2.09. The Morgan fingerprint density at radius 1 is 1.39 bits per heavy atom. The van der Waals surface area contributed by atoms with E-state index in [9.17, 15) is 4.79 Å². The van der Waals surface area contributed by atoms with E-state index in [1.165, 1.54) is 0 Å². The fourth-order valence-electron chi connectivity index (χ4n) is 2.09. The average molecular weight is 244 g/mol. The van der Waals surface area contributed by atoms with Crippen molar-refractivity contribution in [2.75, 3.05) is 7.05 Å². The van der Waals surface area contributed by atoms with Gasteiger partial charge in [-0.15, -0.1) is 0 Å². The first-order valence-electron chi connectivity index (χ1n) is 5.56. The fraction of sp³-hybridized carbons (Fsp3) is 0.167. The Balaban J connectivity index is 2.09. The molecule has 92 valence electrons. The minimum atomic E-state index is -0.438. The highest BCUT2D eigenvalue weighted by molar-refractivity contribution is 5.73. The molecule has 0 saturated heterocycles. The van der Waals surface area contributed by atoms with Gasteiger partial charge in [0.1, 0.15) is 0 Å². The number of nitrogens with one attached hydrogen (secondary N) is 3. The van der Waals surface area contributed by atoms with Crippen molar-refractivity contribution in [1.29, 1.82) is 0 Å². The zero-order valence-electron chi connectivity index (χ0n) is 9.73. The third-order valence-corrected chi connectivity index (χ3v) is 2.92. The van der Waals surface area contributed by atoms with Crippen LogP contribution in [0.4, 0.5) is 0 Å². The molecule has 0 spiro atoms. The molecule has 3 aromatic rings. The zero-order valence-corrected chi connectivity index (χ0v) is 9.73. The summed E-state index contributed by atoms with van der Waals surface area (Å²) in [6, 6.07) is 5.64. The molecule has 1 aromatic carbocycles. The van der Waals surface area contributed by atoms with Crippen LogP contribution in [0, 0.1) is 0 Å². The molecular weight excluding hydrogens is 232 g/mol. The summed E-state index contributed by atoms with van der Waals surface area (Å²) in [5, 5.41) is 9.93. The van der Waals surface area contributed by atoms with Crippen LogP contribution < -0.4 is 11.1 Å². The molecule has 2 heterocycles. The topological polar surface area (TPSA) is 86.7 Å². The highest BCUT2D eigenvalue weighted by Crippen LogP contribution is 2.23. The molecule has 0 saturated carbocycles. The maximum atomic E-state index is 11.1. The standard InChI is InChI=1S/C12H12N4O2/c1-13-11(8-5-14-15-6-8)7-2-3-9-10(4-7)18-12(17)16-9/h2-6,11,13H,1H3,(H,14,15)(H,16,17). The van der Waals surface area contributed by atoms with Crippen LogP contribution in [0.1, 0.15) is 17.2 Å². The molecular formula is C12H12N4O2. The second-order valence-corrected chi connectivity index (χ2v) is 4.02. The smallest absolute Gasteiger partial charge is 0.408 e. The van der Waals surface area contributed by atoms with Crippen molar-refractivity contribution in [3.63, 3.8) is 0 Å². The lowest BCUT2D eigenvalue weighted by Crippen LogP contribution is -2.16. The lowest BCUT2D eigenvalue weighted by Gasteiger charge is -2.14. The number of nitrogens with zero attached hydrogens (tertiary/aromatic N) is 1. The molecule has 0 radical (unpaired) electrons. The Hall–Kier alpha value is -2.34. The van der Waals surface area contributed by atoms with E-state index in [-0.39, 0.29) is 6.04 Å². The molecule has 1 unspecified atom stereocenters. The summed E-state index contributed by atoms with van der Waals surface area (Å²) in [5.41, 5.74) is 3.29. The van der Waals surface area contributed by atoms with Gasteiger partial charge in [0.15, 0.2) is 5.58 Å². The van der Waals surface area contributed by atoms with Crippen molar-refractivity contribution in [3.8, 4) is 0 Å². The summed E-state index contributed by atoms with van der Waals surface area (Å²) < 4.78 is 5.06. The van der Waals surface area contributed by atoms with Gasteiger partial charge in [-0.05, 0) is 24.7 Å². The predicted molar refractivity (Wildman–Crippen MR) is 66.3 cm³/mol. The molecule has 3 rings (SSSR count). The van der Waals surface area contributed by atoms with Crippen molar-refractivity contribution < 1.29 is 4.42 Å². The first-order chi connectivity index (χ1) is 8.78. The molecule has 1 atom stereocenters. The second-order valence-electron chi connectivity index (χ2n) is 4.02. The largest absolute Gasteiger partial charge is 0.417 e. The van der Waals surface area contributed by atoms with Crippen molar-refractivity contribution in [3.05, 3.63) is 52.3 Å². The van der Waals surface area contributed by atoms with E-state index in [0.29, 0.717) is 11.1 Å². The van der Waals surface area contributed by atoms with E-state index < -0.39 is 5.76 Å². The SMILES string of the molecule is CNC(c1cn[nH]c1)c1ccc2[nH]c(=O)oc2c1. The second kappa shape index (κ2) is 4.15. The summed E-state index contributed by atoms with van der Waals surface area (Å²) in [6.07, 6.45) is 3.59. The normalized spacial score (nSPS) is 12.9. The third-order valence-electron chi connectivity index (χ3n) is 2.92. The predicted octanol–water partition coefficient (Wildman–Crippen LogP) is 1.15. The molecule has 0 aliphatic heterocycles. The van der Waals surface area contributed by atoms with E-state index in [1.807, 2.05) is 31.4 Å². The molecule has 0 amide bonds. The van der Waals surface area contributed by atoms with Crippen LogP contribution in [0.15, 0.2) is 39.8 Å². The summed E-state index contributed by atoms with van der Waals surface area (Å²) in [6.45, 7) is 0. The maximum absolute atomic E-state index is 11.1. The van der Waals surface area contributed by atoms with Crippen LogP contribution in [0.3, 0.4) is 0 Å². The van der Waals surface area contributed by atoms with Crippen LogP contribution >= 0.6 is 0 Å². The summed E-state index contributed by atoms with van der Waals surface area (Å²) >= 11 is 0. The number of aromatic amines is 2. The molecule has 6 nitrogen and oxygen atoms in total. The summed E-state index contributed by atoms with van der Waals surface area (Å²) in [7, 11) is 1.87. The molecule has 0 fully saturated rings. The molecule has 18 heavy (non-hydrogen) atoms. The first-order valence-corrected chi connectivity index (χ1v) is 5.56. The maximum Gasteiger partial charge on any atom is 0.417 e. The van der Waals surface area contributed by atoms with Crippen LogP contribution in [0.2, 0.25) is 0 Å². The van der Waals surface area contributed by atoms with E-state index in [4.69, 9.17) is 4.42 Å². The van der Waals surface area contributed by atoms with Crippen LogP contribution in [-0.4, -0.2) is 22.2 Å². The van der Waals surface area contributed by atoms with Gasteiger partial charge in [-0.2, -0.15) is 5.10 Å². The van der Waals surface area contributed by atoms with Gasteiger partial charge in [-0.1, -0.05) is 6.07 Å². The summed E-state index contributed by atoms with van der Waals surface area (Å²) in [5.74, 6) is -0.438. The van der Waals surface area contributed by atoms with Gasteiger partial charge in [-0.3, -0.25) is 10.1 Å². The van der Waals surface area contributed by atoms with Crippen molar-refractivity contribution >= 4 is 11.1 Å². The number of H-pyrrole nitrogens is 2. The minimum Gasteiger partial charge on any atom is -0.408 e. The summed E-state index contributed by atoms with van der Waals surface area (Å²) in [4.78, 5) is 13.7. The number of benzene rings is 1. The van der Waals surface area contributed by atoms with Gasteiger partial charge in [0.05, 0.1) is 17.8 Å². The third kappa shape index (κ3) is 1.72. The molecule has 3 N–H and O–H groups in total. The van der Waals surface area contributed by atoms with E-state index in [1.54, 1.807) is 6.20 Å². The average Bonchev–Trinajstić information content (AvgIpc) is 2.97. The Labute approximate surface area is 102 Å². The Kier molecular flexibility index (Phi) is 2.49. The lowest BCUT2D eigenvalue weighted by atomic mass is 10.0. The number of aromatic nitrogens is 3. The first kappa shape index (κ1) is 10.8. The quantitative estimate of drug-likeness (QED) is 0.645. The van der Waals surface area contributed by atoms with Gasteiger partial charge < -0.3 is 9.73 Å². The minimum absolute atomic E-state index is 0.00773. The van der Waals surface area contributed by atoms with E-state index >= 15 is 0 Å². The van der Waals surface area contributed by atoms with Crippen molar-refractivity contribution in [1.82, 2.24) is 20.5 Å². The molecule has 0 aliphatic rings. The van der Waals surface area contributed by atoms with Crippen LogP contribution in [0.5, 0.6) is 0 Å². The monoisotopic (exact) mass is 244 g/mol. The Morgan fingerprint density at radius 2 is 2.28 bits per heavy atom. The van der Waals surface area contributed by atoms with Crippen molar-refractivity contribution in [2.45, 2.75) is 6.04 Å². The zero-order chi connectivity index (χ0) is 12.5. The van der Waals surface area contributed by atoms with Gasteiger partial charge in [0.2, 0.25) is 0 Å². The van der Waals surface area contributed by atoms with Gasteiger partial charge >= 0.3 is 5.76 Å². The lowest BCUT2D eigenvalue weighted by molar-refractivity contribution is 0.554. The molecule has 2 aromatic heterocycles. The Bertz CT molecular complexity index is 711. The number of hydrogen-bond acceptors (Lipinski definition) is 4. The van der Waals surface area contributed by atoms with Crippen molar-refractivity contribution in [2.24, 2.45) is 0 Å². The number of oxazole rings is 1. The number of fused-ring (bicyclic) bond motifs is 1. The molecule has 0 aliphatic carbocycles. The van der Waals surface area contributed by atoms with E-state index in [2.05, 4.69) is 20.5 Å². The van der Waals surface area contributed by atoms with Gasteiger partial charge in [0, 0.05) is 11.8 Å². The van der Waals surface area contributed by atoms with Crippen LogP contribution in [0.25, 0.3) is 11.1 Å². The van der Waals surface area contributed by atoms with Gasteiger partial charge in [0.25, 0.3) is 0 Å². The number of hydrogen-bond donors (Lipinski definition) is 3. The van der Waals surface area contributed by atoms with Gasteiger partial charge in [-0.25, -0.2) is 4.79 Å². The highest BCUT2D eigenvalue weighted by atomic mass is 16.4. The Morgan fingerprint density at radius 3 is 3.00 bits per heavy atom.